The molecular weight excluding hydrogens is 344 g/mol. The number of amides is 1. The molecule has 1 heterocycles. The molecule has 1 aliphatic heterocycles. The second-order valence-corrected chi connectivity index (χ2v) is 6.17. The van der Waals surface area contributed by atoms with Crippen LogP contribution in [0.4, 0.5) is 0 Å². The summed E-state index contributed by atoms with van der Waals surface area (Å²) in [5, 5.41) is 14.1. The third kappa shape index (κ3) is 4.63. The largest absolute Gasteiger partial charge is 0.493 e. The van der Waals surface area contributed by atoms with Crippen molar-refractivity contribution in [1.82, 2.24) is 10.6 Å². The molecule has 0 bridgehead atoms. The maximum atomic E-state index is 12.0. The van der Waals surface area contributed by atoms with Gasteiger partial charge >= 0.3 is 0 Å². The van der Waals surface area contributed by atoms with Gasteiger partial charge in [-0.3, -0.25) is 10.1 Å². The lowest BCUT2D eigenvalue weighted by molar-refractivity contribution is -0.120. The first-order chi connectivity index (χ1) is 13.1. The van der Waals surface area contributed by atoms with Crippen LogP contribution in [0.1, 0.15) is 29.2 Å². The summed E-state index contributed by atoms with van der Waals surface area (Å²) in [6.45, 7) is 2.03. The third-order valence-corrected chi connectivity index (χ3v) is 4.21. The standard InChI is InChI=1S/C20H22N4O3/c1-13-4-7-15(8-5-13)16-11-19(25)23-20(22-16)24-21-12-14-6-9-17(26-2)18(10-14)27-3/h4-10,12,16H,11H2,1-3H3,(H2,22,23,24,25). The molecule has 0 aromatic heterocycles. The summed E-state index contributed by atoms with van der Waals surface area (Å²) in [4.78, 5) is 12.0. The number of aryl methyl sites for hydroxylation is 1. The van der Waals surface area contributed by atoms with Gasteiger partial charge in [-0.1, -0.05) is 29.8 Å². The Bertz CT molecular complexity index is 875. The molecule has 2 aromatic rings. The Hall–Kier alpha value is -3.35. The van der Waals surface area contributed by atoms with Gasteiger partial charge in [0.25, 0.3) is 0 Å². The number of hydrogen-bond acceptors (Lipinski definition) is 5. The van der Waals surface area contributed by atoms with Gasteiger partial charge in [0.05, 0.1) is 32.9 Å². The number of carbonyl (C=O) groups excluding carboxylic acids is 1. The lowest BCUT2D eigenvalue weighted by Gasteiger charge is -2.25. The van der Waals surface area contributed by atoms with Crippen LogP contribution in [0.15, 0.2) is 52.7 Å². The molecule has 1 unspecified atom stereocenters. The summed E-state index contributed by atoms with van der Waals surface area (Å²) in [6, 6.07) is 13.4. The number of methoxy groups -OCH3 is 2. The molecule has 2 aromatic carbocycles. The first-order valence-corrected chi connectivity index (χ1v) is 8.55. The van der Waals surface area contributed by atoms with Crippen LogP contribution in [0.25, 0.3) is 0 Å². The van der Waals surface area contributed by atoms with E-state index in [0.29, 0.717) is 23.9 Å². The molecule has 2 N–H and O–H groups in total. The molecule has 1 saturated heterocycles. The van der Waals surface area contributed by atoms with Crippen molar-refractivity contribution < 1.29 is 14.3 Å². The summed E-state index contributed by atoms with van der Waals surface area (Å²) >= 11 is 0. The van der Waals surface area contributed by atoms with Gasteiger partial charge in [0, 0.05) is 0 Å². The van der Waals surface area contributed by atoms with E-state index in [9.17, 15) is 4.79 Å². The molecular formula is C20H22N4O3. The monoisotopic (exact) mass is 366 g/mol. The molecule has 1 atom stereocenters. The van der Waals surface area contributed by atoms with Crippen LogP contribution in [-0.4, -0.2) is 32.3 Å². The van der Waals surface area contributed by atoms with Crippen molar-refractivity contribution >= 4 is 18.1 Å². The maximum absolute atomic E-state index is 12.0. The summed E-state index contributed by atoms with van der Waals surface area (Å²) in [7, 11) is 3.16. The minimum atomic E-state index is -0.130. The zero-order chi connectivity index (χ0) is 19.2. The molecule has 1 amide bonds. The van der Waals surface area contributed by atoms with Crippen molar-refractivity contribution in [2.24, 2.45) is 10.2 Å². The number of benzene rings is 2. The predicted molar refractivity (Wildman–Crippen MR) is 104 cm³/mol. The van der Waals surface area contributed by atoms with Crippen molar-refractivity contribution in [3.05, 3.63) is 59.2 Å². The van der Waals surface area contributed by atoms with Gasteiger partial charge in [0.2, 0.25) is 11.9 Å². The highest BCUT2D eigenvalue weighted by Gasteiger charge is 2.23. The van der Waals surface area contributed by atoms with Gasteiger partial charge in [0.1, 0.15) is 0 Å². The molecule has 1 fully saturated rings. The smallest absolute Gasteiger partial charge is 0.229 e. The Morgan fingerprint density at radius 1 is 1.07 bits per heavy atom. The van der Waals surface area contributed by atoms with E-state index in [-0.39, 0.29) is 11.9 Å². The van der Waals surface area contributed by atoms with E-state index in [2.05, 4.69) is 20.8 Å². The molecule has 0 aliphatic carbocycles. The topological polar surface area (TPSA) is 84.3 Å². The fraction of sp³-hybridized carbons (Fsp3) is 0.250. The van der Waals surface area contributed by atoms with E-state index >= 15 is 0 Å². The van der Waals surface area contributed by atoms with Crippen LogP contribution in [0.5, 0.6) is 11.5 Å². The Balaban J connectivity index is 1.73. The summed E-state index contributed by atoms with van der Waals surface area (Å²) < 4.78 is 10.5. The van der Waals surface area contributed by atoms with Crippen molar-refractivity contribution in [3.63, 3.8) is 0 Å². The average molecular weight is 366 g/mol. The van der Waals surface area contributed by atoms with E-state index in [0.717, 1.165) is 11.1 Å². The first-order valence-electron chi connectivity index (χ1n) is 8.55. The van der Waals surface area contributed by atoms with Crippen LogP contribution in [0.3, 0.4) is 0 Å². The van der Waals surface area contributed by atoms with Crippen LogP contribution >= 0.6 is 0 Å². The normalized spacial score (nSPS) is 18.3. The highest BCUT2D eigenvalue weighted by atomic mass is 16.5. The molecule has 7 heteroatoms. The summed E-state index contributed by atoms with van der Waals surface area (Å²) in [6.07, 6.45) is 1.93. The Labute approximate surface area is 158 Å². The van der Waals surface area contributed by atoms with Gasteiger partial charge in [-0.2, -0.15) is 5.10 Å². The highest BCUT2D eigenvalue weighted by Crippen LogP contribution is 2.26. The quantitative estimate of drug-likeness (QED) is 0.629. The van der Waals surface area contributed by atoms with E-state index in [1.807, 2.05) is 37.3 Å². The van der Waals surface area contributed by atoms with E-state index in [4.69, 9.17) is 9.47 Å². The van der Waals surface area contributed by atoms with Crippen molar-refractivity contribution in [1.29, 1.82) is 0 Å². The highest BCUT2D eigenvalue weighted by molar-refractivity contribution is 6.00. The zero-order valence-electron chi connectivity index (χ0n) is 15.5. The second kappa shape index (κ2) is 8.35. The van der Waals surface area contributed by atoms with Gasteiger partial charge < -0.3 is 14.8 Å². The Kier molecular flexibility index (Phi) is 5.71. The van der Waals surface area contributed by atoms with Crippen molar-refractivity contribution in [3.8, 4) is 11.5 Å². The van der Waals surface area contributed by atoms with Gasteiger partial charge in [-0.25, -0.2) is 0 Å². The SMILES string of the molecule is COc1ccc(C=NN=C2NC(=O)CC(c3ccc(C)cc3)N2)cc1OC. The molecule has 0 radical (unpaired) electrons. The lowest BCUT2D eigenvalue weighted by atomic mass is 10.0. The number of nitrogens with zero attached hydrogens (tertiary/aromatic N) is 2. The minimum absolute atomic E-state index is 0.0978. The zero-order valence-corrected chi connectivity index (χ0v) is 15.5. The van der Waals surface area contributed by atoms with E-state index < -0.39 is 0 Å². The number of hydrogen-bond donors (Lipinski definition) is 2. The molecule has 0 saturated carbocycles. The third-order valence-electron chi connectivity index (χ3n) is 4.21. The van der Waals surface area contributed by atoms with Gasteiger partial charge in [0.15, 0.2) is 11.5 Å². The molecule has 140 valence electrons. The molecule has 7 nitrogen and oxygen atoms in total. The number of ether oxygens (including phenoxy) is 2. The van der Waals surface area contributed by atoms with Crippen molar-refractivity contribution in [2.45, 2.75) is 19.4 Å². The fourth-order valence-electron chi connectivity index (χ4n) is 2.76. The second-order valence-electron chi connectivity index (χ2n) is 6.17. The molecule has 27 heavy (non-hydrogen) atoms. The number of carbonyl (C=O) groups is 1. The lowest BCUT2D eigenvalue weighted by Crippen LogP contribution is -2.49. The predicted octanol–water partition coefficient (Wildman–Crippen LogP) is 2.55. The summed E-state index contributed by atoms with van der Waals surface area (Å²) in [5.41, 5.74) is 3.01. The van der Waals surface area contributed by atoms with Gasteiger partial charge in [-0.05, 0) is 36.2 Å². The van der Waals surface area contributed by atoms with Crippen LogP contribution in [-0.2, 0) is 4.79 Å². The van der Waals surface area contributed by atoms with Crippen molar-refractivity contribution in [2.75, 3.05) is 14.2 Å². The Morgan fingerprint density at radius 3 is 2.52 bits per heavy atom. The maximum Gasteiger partial charge on any atom is 0.229 e. The number of nitrogens with one attached hydrogen (secondary N) is 2. The fourth-order valence-corrected chi connectivity index (χ4v) is 2.76. The van der Waals surface area contributed by atoms with Crippen LogP contribution in [0.2, 0.25) is 0 Å². The van der Waals surface area contributed by atoms with Gasteiger partial charge in [-0.15, -0.1) is 5.10 Å². The van der Waals surface area contributed by atoms with Crippen LogP contribution in [0, 0.1) is 6.92 Å². The number of rotatable bonds is 5. The molecule has 3 rings (SSSR count). The minimum Gasteiger partial charge on any atom is -0.493 e. The first kappa shape index (κ1) is 18.4. The molecule has 0 spiro atoms. The van der Waals surface area contributed by atoms with Crippen LogP contribution < -0.4 is 20.1 Å². The number of guanidine groups is 1. The van der Waals surface area contributed by atoms with E-state index in [1.54, 1.807) is 32.6 Å². The summed E-state index contributed by atoms with van der Waals surface area (Å²) in [5.74, 6) is 1.48. The molecule has 1 aliphatic rings. The van der Waals surface area contributed by atoms with E-state index in [1.165, 1.54) is 5.56 Å². The average Bonchev–Trinajstić information content (AvgIpc) is 2.68. The Morgan fingerprint density at radius 2 is 1.81 bits per heavy atom.